The van der Waals surface area contributed by atoms with Gasteiger partial charge in [0.05, 0.1) is 6.26 Å². The molecule has 0 aliphatic carbocycles. The average Bonchev–Trinajstić information content (AvgIpc) is 3.30. The summed E-state index contributed by atoms with van der Waals surface area (Å²) < 4.78 is 5.40. The van der Waals surface area contributed by atoms with Gasteiger partial charge in [-0.1, -0.05) is 55.0 Å². The monoisotopic (exact) mass is 381 g/mol. The maximum Gasteiger partial charge on any atom is 0.103 e. The van der Waals surface area contributed by atoms with Gasteiger partial charge in [-0.25, -0.2) is 0 Å². The number of para-hydroxylation sites is 2. The summed E-state index contributed by atoms with van der Waals surface area (Å²) in [7, 11) is 0. The van der Waals surface area contributed by atoms with Crippen LogP contribution in [-0.2, 0) is 12.8 Å². The molecule has 2 heteroatoms. The predicted octanol–water partition coefficient (Wildman–Crippen LogP) is 7.70. The lowest BCUT2D eigenvalue weighted by Crippen LogP contribution is -2.09. The van der Waals surface area contributed by atoms with Crippen LogP contribution in [0.25, 0.3) is 0 Å². The molecule has 4 aromatic rings. The average molecular weight is 382 g/mol. The van der Waals surface area contributed by atoms with Crippen LogP contribution in [0.15, 0.2) is 108 Å². The molecule has 0 aliphatic heterocycles. The van der Waals surface area contributed by atoms with Crippen LogP contribution in [0.5, 0.6) is 0 Å². The summed E-state index contributed by atoms with van der Waals surface area (Å²) in [5.41, 5.74) is 4.92. The van der Waals surface area contributed by atoms with E-state index in [9.17, 15) is 0 Å². The van der Waals surface area contributed by atoms with E-state index in [1.54, 1.807) is 6.26 Å². The van der Waals surface area contributed by atoms with Gasteiger partial charge in [-0.2, -0.15) is 0 Å². The highest BCUT2D eigenvalue weighted by molar-refractivity contribution is 5.76. The van der Waals surface area contributed by atoms with Crippen LogP contribution in [0.3, 0.4) is 0 Å². The largest absolute Gasteiger partial charge is 0.469 e. The Morgan fingerprint density at radius 1 is 0.517 bits per heavy atom. The van der Waals surface area contributed by atoms with Crippen LogP contribution in [0.4, 0.5) is 17.1 Å². The first-order valence-corrected chi connectivity index (χ1v) is 10.4. The fourth-order valence-corrected chi connectivity index (χ4v) is 3.67. The van der Waals surface area contributed by atoms with E-state index in [-0.39, 0.29) is 0 Å². The van der Waals surface area contributed by atoms with Gasteiger partial charge >= 0.3 is 0 Å². The lowest BCUT2D eigenvalue weighted by Gasteiger charge is -2.25. The molecular weight excluding hydrogens is 354 g/mol. The molecule has 0 N–H and O–H groups in total. The SMILES string of the molecule is c1ccc(N(c2ccccc2)c2ccc(CCCCCc3ccco3)cc2)cc1. The van der Waals surface area contributed by atoms with Crippen LogP contribution in [0.2, 0.25) is 0 Å². The van der Waals surface area contributed by atoms with Gasteiger partial charge in [0.15, 0.2) is 0 Å². The lowest BCUT2D eigenvalue weighted by atomic mass is 10.0. The highest BCUT2D eigenvalue weighted by Crippen LogP contribution is 2.34. The van der Waals surface area contributed by atoms with Crippen molar-refractivity contribution in [3.05, 3.63) is 115 Å². The highest BCUT2D eigenvalue weighted by atomic mass is 16.3. The molecular formula is C27H27NO. The summed E-state index contributed by atoms with van der Waals surface area (Å²) in [6.07, 6.45) is 7.53. The Morgan fingerprint density at radius 2 is 1.10 bits per heavy atom. The fourth-order valence-electron chi connectivity index (χ4n) is 3.67. The van der Waals surface area contributed by atoms with Gasteiger partial charge < -0.3 is 9.32 Å². The molecule has 1 heterocycles. The van der Waals surface area contributed by atoms with Gasteiger partial charge in [-0.3, -0.25) is 0 Å². The van der Waals surface area contributed by atoms with Gasteiger partial charge in [0, 0.05) is 23.5 Å². The summed E-state index contributed by atoms with van der Waals surface area (Å²) in [6.45, 7) is 0. The molecule has 0 saturated carbocycles. The highest BCUT2D eigenvalue weighted by Gasteiger charge is 2.11. The first-order chi connectivity index (χ1) is 14.4. The maximum absolute atomic E-state index is 5.40. The Kier molecular flexibility index (Phi) is 6.44. The minimum Gasteiger partial charge on any atom is -0.469 e. The topological polar surface area (TPSA) is 16.4 Å². The zero-order valence-electron chi connectivity index (χ0n) is 16.7. The van der Waals surface area contributed by atoms with Crippen LogP contribution in [-0.4, -0.2) is 0 Å². The number of benzene rings is 3. The van der Waals surface area contributed by atoms with Crippen molar-refractivity contribution in [3.63, 3.8) is 0 Å². The number of hydrogen-bond donors (Lipinski definition) is 0. The number of nitrogens with zero attached hydrogens (tertiary/aromatic N) is 1. The molecule has 0 fully saturated rings. The van der Waals surface area contributed by atoms with E-state index < -0.39 is 0 Å². The third-order valence-corrected chi connectivity index (χ3v) is 5.19. The molecule has 2 nitrogen and oxygen atoms in total. The van der Waals surface area contributed by atoms with Crippen LogP contribution in [0.1, 0.15) is 30.6 Å². The van der Waals surface area contributed by atoms with Crippen molar-refractivity contribution >= 4 is 17.1 Å². The van der Waals surface area contributed by atoms with Gasteiger partial charge in [0.25, 0.3) is 0 Å². The zero-order chi connectivity index (χ0) is 19.7. The summed E-state index contributed by atoms with van der Waals surface area (Å²) >= 11 is 0. The molecule has 0 radical (unpaired) electrons. The Morgan fingerprint density at radius 3 is 1.69 bits per heavy atom. The first-order valence-electron chi connectivity index (χ1n) is 10.4. The van der Waals surface area contributed by atoms with Crippen molar-refractivity contribution < 1.29 is 4.42 Å². The Labute approximate surface area is 173 Å². The number of furan rings is 1. The molecule has 146 valence electrons. The maximum atomic E-state index is 5.40. The molecule has 0 aliphatic rings. The normalized spacial score (nSPS) is 10.8. The second-order valence-electron chi connectivity index (χ2n) is 7.31. The van der Waals surface area contributed by atoms with Crippen molar-refractivity contribution in [2.75, 3.05) is 4.90 Å². The second-order valence-corrected chi connectivity index (χ2v) is 7.31. The van der Waals surface area contributed by atoms with E-state index >= 15 is 0 Å². The summed E-state index contributed by atoms with van der Waals surface area (Å²) in [6, 6.07) is 34.1. The molecule has 0 amide bonds. The first kappa shape index (κ1) is 19.1. The number of unbranched alkanes of at least 4 members (excludes halogenated alkanes) is 2. The number of rotatable bonds is 9. The van der Waals surface area contributed by atoms with Crippen molar-refractivity contribution in [2.45, 2.75) is 32.1 Å². The Balaban J connectivity index is 1.39. The lowest BCUT2D eigenvalue weighted by molar-refractivity contribution is 0.495. The fraction of sp³-hybridized carbons (Fsp3) is 0.185. The van der Waals surface area contributed by atoms with Gasteiger partial charge in [0.1, 0.15) is 5.76 Å². The van der Waals surface area contributed by atoms with Crippen molar-refractivity contribution in [2.24, 2.45) is 0 Å². The van der Waals surface area contributed by atoms with E-state index in [4.69, 9.17) is 4.42 Å². The van der Waals surface area contributed by atoms with E-state index in [1.807, 2.05) is 6.07 Å². The van der Waals surface area contributed by atoms with Crippen LogP contribution in [0, 0.1) is 0 Å². The third kappa shape index (κ3) is 5.17. The van der Waals surface area contributed by atoms with Gasteiger partial charge in [-0.05, 0) is 73.4 Å². The Hall–Kier alpha value is -3.26. The van der Waals surface area contributed by atoms with Gasteiger partial charge in [0.2, 0.25) is 0 Å². The van der Waals surface area contributed by atoms with Crippen LogP contribution < -0.4 is 4.90 Å². The van der Waals surface area contributed by atoms with E-state index in [2.05, 4.69) is 95.9 Å². The summed E-state index contributed by atoms with van der Waals surface area (Å²) in [5.74, 6) is 1.09. The van der Waals surface area contributed by atoms with E-state index in [1.165, 1.54) is 41.9 Å². The molecule has 4 rings (SSSR count). The molecule has 0 unspecified atom stereocenters. The molecule has 1 aromatic heterocycles. The third-order valence-electron chi connectivity index (χ3n) is 5.19. The van der Waals surface area contributed by atoms with E-state index in [0.717, 1.165) is 18.6 Å². The van der Waals surface area contributed by atoms with Crippen molar-refractivity contribution in [1.82, 2.24) is 0 Å². The Bertz CT molecular complexity index is 921. The minimum atomic E-state index is 1.04. The molecule has 0 spiro atoms. The number of anilines is 3. The molecule has 29 heavy (non-hydrogen) atoms. The van der Waals surface area contributed by atoms with Crippen molar-refractivity contribution in [1.29, 1.82) is 0 Å². The number of aryl methyl sites for hydroxylation is 2. The molecule has 0 bridgehead atoms. The molecule has 0 saturated heterocycles. The minimum absolute atomic E-state index is 1.04. The van der Waals surface area contributed by atoms with Crippen LogP contribution >= 0.6 is 0 Å². The standard InChI is InChI=1S/C27H27NO/c1(9-16-27-17-10-22-29-27)4-11-23-18-20-26(21-19-23)28(24-12-5-2-6-13-24)25-14-7-3-8-15-25/h2-3,5-8,10,12-15,17-22H,1,4,9,11,16H2. The van der Waals surface area contributed by atoms with Crippen molar-refractivity contribution in [3.8, 4) is 0 Å². The summed E-state index contributed by atoms with van der Waals surface area (Å²) in [4.78, 5) is 2.30. The molecule has 3 aromatic carbocycles. The quantitative estimate of drug-likeness (QED) is 0.276. The predicted molar refractivity (Wildman–Crippen MR) is 121 cm³/mol. The summed E-state index contributed by atoms with van der Waals surface area (Å²) in [5, 5.41) is 0. The smallest absolute Gasteiger partial charge is 0.103 e. The molecule has 0 atom stereocenters. The number of hydrogen-bond acceptors (Lipinski definition) is 2. The van der Waals surface area contributed by atoms with Gasteiger partial charge in [-0.15, -0.1) is 0 Å². The second kappa shape index (κ2) is 9.79. The zero-order valence-corrected chi connectivity index (χ0v) is 16.7. The van der Waals surface area contributed by atoms with E-state index in [0.29, 0.717) is 0 Å².